The molecule has 1 saturated heterocycles. The van der Waals surface area contributed by atoms with Crippen LogP contribution < -0.4 is 11.1 Å². The lowest BCUT2D eigenvalue weighted by Crippen LogP contribution is -2.80. The minimum absolute atomic E-state index is 0.0376. The second-order valence-electron chi connectivity index (χ2n) is 6.35. The zero-order valence-electron chi connectivity index (χ0n) is 15.4. The number of nitrogens with zero attached hydrogens (tertiary/aromatic N) is 1. The fourth-order valence-electron chi connectivity index (χ4n) is 3.25. The molecule has 1 aromatic rings. The second kappa shape index (κ2) is 8.13. The van der Waals surface area contributed by atoms with Crippen molar-refractivity contribution in [3.8, 4) is 0 Å². The average Bonchev–Trinajstić information content (AvgIpc) is 2.69. The van der Waals surface area contributed by atoms with E-state index < -0.39 is 35.0 Å². The summed E-state index contributed by atoms with van der Waals surface area (Å²) in [5.74, 6) is -2.35. The second-order valence-corrected chi connectivity index (χ2v) is 7.42. The molecule has 0 bridgehead atoms. The van der Waals surface area contributed by atoms with E-state index in [4.69, 9.17) is 10.5 Å². The lowest BCUT2D eigenvalue weighted by atomic mass is 9.97. The monoisotopic (exact) mass is 421 g/mol. The SMILES string of the molecule is COC1(NC(=O)Cc2ccccc2)C(=O)N2C(C(=O)O)=C(COC(N)=O)CS[C@H]21. The van der Waals surface area contributed by atoms with Gasteiger partial charge in [0.2, 0.25) is 5.91 Å². The fraction of sp³-hybridized carbons (Fsp3) is 0.333. The molecule has 2 aliphatic heterocycles. The first kappa shape index (κ1) is 20.7. The summed E-state index contributed by atoms with van der Waals surface area (Å²) in [4.78, 5) is 49.0. The first-order valence-corrected chi connectivity index (χ1v) is 9.58. The Balaban J connectivity index is 1.80. The summed E-state index contributed by atoms with van der Waals surface area (Å²) in [5, 5.41) is 11.4. The highest BCUT2D eigenvalue weighted by Crippen LogP contribution is 2.46. The summed E-state index contributed by atoms with van der Waals surface area (Å²) < 4.78 is 10.0. The number of nitrogens with one attached hydrogen (secondary N) is 1. The van der Waals surface area contributed by atoms with E-state index in [0.29, 0.717) is 0 Å². The molecule has 1 aromatic carbocycles. The highest BCUT2D eigenvalue weighted by atomic mass is 32.2. The Morgan fingerprint density at radius 3 is 2.62 bits per heavy atom. The molecule has 10 nitrogen and oxygen atoms in total. The summed E-state index contributed by atoms with van der Waals surface area (Å²) in [5.41, 5.74) is 3.94. The number of ether oxygens (including phenoxy) is 2. The Hall–Kier alpha value is -3.05. The van der Waals surface area contributed by atoms with E-state index in [0.717, 1.165) is 10.5 Å². The van der Waals surface area contributed by atoms with Gasteiger partial charge in [0.1, 0.15) is 17.7 Å². The number of carbonyl (C=O) groups is 4. The third-order valence-electron chi connectivity index (χ3n) is 4.56. The normalized spacial score (nSPS) is 23.1. The fourth-order valence-corrected chi connectivity index (χ4v) is 4.67. The zero-order valence-corrected chi connectivity index (χ0v) is 16.2. The Morgan fingerprint density at radius 1 is 1.34 bits per heavy atom. The zero-order chi connectivity index (χ0) is 21.2. The van der Waals surface area contributed by atoms with Gasteiger partial charge in [-0.3, -0.25) is 14.5 Å². The Morgan fingerprint density at radius 2 is 2.03 bits per heavy atom. The van der Waals surface area contributed by atoms with E-state index in [2.05, 4.69) is 10.1 Å². The van der Waals surface area contributed by atoms with Gasteiger partial charge in [0.15, 0.2) is 0 Å². The number of carboxylic acid groups (broad SMARTS) is 1. The van der Waals surface area contributed by atoms with Crippen molar-refractivity contribution >= 4 is 35.6 Å². The van der Waals surface area contributed by atoms with E-state index in [1.54, 1.807) is 24.3 Å². The molecular weight excluding hydrogens is 402 g/mol. The lowest BCUT2D eigenvalue weighted by Gasteiger charge is -2.55. The van der Waals surface area contributed by atoms with Crippen molar-refractivity contribution in [2.75, 3.05) is 19.5 Å². The van der Waals surface area contributed by atoms with Crippen LogP contribution in [0.5, 0.6) is 0 Å². The number of β-lactam (4-membered cyclic amide) rings is 1. The molecule has 1 unspecified atom stereocenters. The van der Waals surface area contributed by atoms with Gasteiger partial charge in [0.25, 0.3) is 11.6 Å². The minimum atomic E-state index is -1.67. The molecule has 0 radical (unpaired) electrons. The lowest BCUT2D eigenvalue weighted by molar-refractivity contribution is -0.192. The van der Waals surface area contributed by atoms with Crippen LogP contribution in [0.1, 0.15) is 5.56 Å². The molecule has 3 amide bonds. The molecule has 2 heterocycles. The number of benzene rings is 1. The molecule has 11 heteroatoms. The summed E-state index contributed by atoms with van der Waals surface area (Å²) in [6.45, 7) is -0.346. The molecule has 0 aliphatic carbocycles. The van der Waals surface area contributed by atoms with Crippen LogP contribution in [0.25, 0.3) is 0 Å². The van der Waals surface area contributed by atoms with Crippen LogP contribution in [0.4, 0.5) is 4.79 Å². The van der Waals surface area contributed by atoms with Gasteiger partial charge in [-0.25, -0.2) is 9.59 Å². The van der Waals surface area contributed by atoms with Gasteiger partial charge in [-0.2, -0.15) is 0 Å². The highest BCUT2D eigenvalue weighted by Gasteiger charge is 2.66. The van der Waals surface area contributed by atoms with Gasteiger partial charge in [-0.05, 0) is 5.56 Å². The molecule has 0 spiro atoms. The van der Waals surface area contributed by atoms with Crippen LogP contribution in [0.3, 0.4) is 0 Å². The summed E-state index contributed by atoms with van der Waals surface area (Å²) >= 11 is 1.19. The van der Waals surface area contributed by atoms with E-state index in [1.807, 2.05) is 6.07 Å². The van der Waals surface area contributed by atoms with Crippen LogP contribution in [0, 0.1) is 0 Å². The first-order chi connectivity index (χ1) is 13.8. The maximum absolute atomic E-state index is 12.9. The molecule has 1 fully saturated rings. The van der Waals surface area contributed by atoms with Crippen LogP contribution in [0.2, 0.25) is 0 Å². The van der Waals surface area contributed by atoms with Crippen LogP contribution in [0.15, 0.2) is 41.6 Å². The van der Waals surface area contributed by atoms with Crippen molar-refractivity contribution < 1.29 is 33.8 Å². The van der Waals surface area contributed by atoms with Gasteiger partial charge in [-0.15, -0.1) is 11.8 Å². The highest BCUT2D eigenvalue weighted by molar-refractivity contribution is 8.00. The molecule has 4 N–H and O–H groups in total. The number of amides is 3. The molecule has 29 heavy (non-hydrogen) atoms. The maximum Gasteiger partial charge on any atom is 0.404 e. The van der Waals surface area contributed by atoms with Crippen LogP contribution >= 0.6 is 11.8 Å². The van der Waals surface area contributed by atoms with Crippen molar-refractivity contribution in [2.45, 2.75) is 17.5 Å². The number of fused-ring (bicyclic) bond motifs is 1. The number of carboxylic acids is 1. The number of thioether (sulfide) groups is 1. The summed E-state index contributed by atoms with van der Waals surface area (Å²) in [6, 6.07) is 8.96. The number of methoxy groups -OCH3 is 1. The Kier molecular flexibility index (Phi) is 5.80. The van der Waals surface area contributed by atoms with E-state index in [-0.39, 0.29) is 30.1 Å². The predicted molar refractivity (Wildman–Crippen MR) is 101 cm³/mol. The first-order valence-electron chi connectivity index (χ1n) is 8.53. The quantitative estimate of drug-likeness (QED) is 0.413. The minimum Gasteiger partial charge on any atom is -0.477 e. The van der Waals surface area contributed by atoms with E-state index >= 15 is 0 Å². The molecular formula is C18H19N3O7S. The average molecular weight is 421 g/mol. The number of carbonyl (C=O) groups excluding carboxylic acids is 3. The van der Waals surface area contributed by atoms with Crippen LogP contribution in [-0.4, -0.2) is 64.5 Å². The van der Waals surface area contributed by atoms with Gasteiger partial charge in [0, 0.05) is 18.4 Å². The molecule has 2 aliphatic rings. The Labute approximate surface area is 170 Å². The van der Waals surface area contributed by atoms with Crippen molar-refractivity contribution in [1.29, 1.82) is 0 Å². The van der Waals surface area contributed by atoms with Crippen molar-refractivity contribution in [3.63, 3.8) is 0 Å². The van der Waals surface area contributed by atoms with Crippen molar-refractivity contribution in [2.24, 2.45) is 5.73 Å². The molecule has 0 aromatic heterocycles. The number of rotatable bonds is 7. The van der Waals surface area contributed by atoms with E-state index in [9.17, 15) is 24.3 Å². The van der Waals surface area contributed by atoms with Gasteiger partial charge < -0.3 is 25.6 Å². The summed E-state index contributed by atoms with van der Waals surface area (Å²) in [7, 11) is 1.27. The van der Waals surface area contributed by atoms with Gasteiger partial charge >= 0.3 is 12.1 Å². The summed E-state index contributed by atoms with van der Waals surface area (Å²) in [6.07, 6.45) is -1.01. The molecule has 154 valence electrons. The number of hydrogen-bond acceptors (Lipinski definition) is 7. The van der Waals surface area contributed by atoms with Gasteiger partial charge in [0.05, 0.1) is 6.42 Å². The van der Waals surface area contributed by atoms with Crippen molar-refractivity contribution in [3.05, 3.63) is 47.2 Å². The largest absolute Gasteiger partial charge is 0.477 e. The van der Waals surface area contributed by atoms with Crippen molar-refractivity contribution in [1.82, 2.24) is 10.2 Å². The third kappa shape index (κ3) is 3.78. The number of nitrogens with two attached hydrogens (primary N) is 1. The molecule has 0 saturated carbocycles. The van der Waals surface area contributed by atoms with Crippen LogP contribution in [-0.2, 0) is 30.3 Å². The van der Waals surface area contributed by atoms with E-state index in [1.165, 1.54) is 18.9 Å². The molecule has 2 atom stereocenters. The number of aliphatic carboxylic acids is 1. The number of hydrogen-bond donors (Lipinski definition) is 3. The van der Waals surface area contributed by atoms with Gasteiger partial charge in [-0.1, -0.05) is 30.3 Å². The smallest absolute Gasteiger partial charge is 0.404 e. The Bertz CT molecular complexity index is 889. The molecule has 3 rings (SSSR count). The standard InChI is InChI=1S/C18H19N3O7S/c1-27-18(20-12(22)7-10-5-3-2-4-6-10)15(25)21-13(14(23)24)11(8-28-17(19)26)9-29-16(18)21/h2-6,16H,7-9H2,1H3,(H2,19,26)(H,20,22)(H,23,24)/t16-,18?/m0/s1. The topological polar surface area (TPSA) is 148 Å². The predicted octanol–water partition coefficient (Wildman–Crippen LogP) is 0.0371. The maximum atomic E-state index is 12.9. The number of primary amides is 1. The third-order valence-corrected chi connectivity index (χ3v) is 5.93.